The number of hydrogen-bond donors (Lipinski definition) is 1. The summed E-state index contributed by atoms with van der Waals surface area (Å²) in [4.78, 5) is 7.06. The molecular weight excluding hydrogens is 234 g/mol. The minimum atomic E-state index is 0.427. The highest BCUT2D eigenvalue weighted by atomic mass is 15.2. The van der Waals surface area contributed by atoms with Crippen LogP contribution in [0.5, 0.6) is 0 Å². The van der Waals surface area contributed by atoms with Gasteiger partial charge in [-0.3, -0.25) is 9.88 Å². The van der Waals surface area contributed by atoms with E-state index in [-0.39, 0.29) is 0 Å². The van der Waals surface area contributed by atoms with Crippen LogP contribution in [0.4, 0.5) is 0 Å². The zero-order valence-electron chi connectivity index (χ0n) is 12.5. The molecule has 0 radical (unpaired) electrons. The molecular formula is C16H27N3. The minimum absolute atomic E-state index is 0.427. The number of hydrogen-bond acceptors (Lipinski definition) is 3. The average molecular weight is 261 g/mol. The number of nitrogens with one attached hydrogen (secondary N) is 1. The third-order valence-corrected chi connectivity index (χ3v) is 4.26. The molecule has 0 amide bonds. The molecule has 3 nitrogen and oxygen atoms in total. The molecule has 3 heteroatoms. The van der Waals surface area contributed by atoms with Gasteiger partial charge in [0.2, 0.25) is 0 Å². The summed E-state index contributed by atoms with van der Waals surface area (Å²) in [6.07, 6.45) is 4.36. The molecule has 0 spiro atoms. The quantitative estimate of drug-likeness (QED) is 0.883. The van der Waals surface area contributed by atoms with Gasteiger partial charge in [-0.1, -0.05) is 19.9 Å². The Hall–Kier alpha value is -0.930. The summed E-state index contributed by atoms with van der Waals surface area (Å²) < 4.78 is 0. The highest BCUT2D eigenvalue weighted by molar-refractivity contribution is 5.08. The maximum absolute atomic E-state index is 4.49. The standard InChI is InChI=1S/C16H27N3/c1-4-9-17-15-8-11-19(12-13(15)2)14(3)16-7-5-6-10-18-16/h5-7,10,13-15,17H,4,8-9,11-12H2,1-3H3. The van der Waals surface area contributed by atoms with Gasteiger partial charge in [-0.15, -0.1) is 0 Å². The summed E-state index contributed by atoms with van der Waals surface area (Å²) in [6, 6.07) is 7.32. The van der Waals surface area contributed by atoms with Crippen LogP contribution >= 0.6 is 0 Å². The van der Waals surface area contributed by atoms with E-state index in [4.69, 9.17) is 0 Å². The molecule has 1 aromatic rings. The normalized spacial score (nSPS) is 26.3. The molecule has 0 saturated carbocycles. The van der Waals surface area contributed by atoms with E-state index in [0.717, 1.165) is 6.54 Å². The summed E-state index contributed by atoms with van der Waals surface area (Å²) in [5.41, 5.74) is 1.19. The van der Waals surface area contributed by atoms with Crippen molar-refractivity contribution in [2.75, 3.05) is 19.6 Å². The molecule has 3 atom stereocenters. The second-order valence-electron chi connectivity index (χ2n) is 5.75. The fourth-order valence-electron chi connectivity index (χ4n) is 2.97. The highest BCUT2D eigenvalue weighted by Crippen LogP contribution is 2.25. The Morgan fingerprint density at radius 3 is 2.95 bits per heavy atom. The Balaban J connectivity index is 1.91. The van der Waals surface area contributed by atoms with Crippen LogP contribution in [0, 0.1) is 5.92 Å². The maximum Gasteiger partial charge on any atom is 0.0572 e. The highest BCUT2D eigenvalue weighted by Gasteiger charge is 2.28. The Morgan fingerprint density at radius 2 is 2.32 bits per heavy atom. The number of likely N-dealkylation sites (tertiary alicyclic amines) is 1. The van der Waals surface area contributed by atoms with Gasteiger partial charge in [-0.05, 0) is 44.4 Å². The summed E-state index contributed by atoms with van der Waals surface area (Å²) in [7, 11) is 0. The van der Waals surface area contributed by atoms with E-state index < -0.39 is 0 Å². The van der Waals surface area contributed by atoms with Crippen molar-refractivity contribution in [3.8, 4) is 0 Å². The first-order chi connectivity index (χ1) is 9.22. The van der Waals surface area contributed by atoms with Crippen LogP contribution in [-0.4, -0.2) is 35.6 Å². The van der Waals surface area contributed by atoms with Gasteiger partial charge in [-0.25, -0.2) is 0 Å². The van der Waals surface area contributed by atoms with Gasteiger partial charge in [0, 0.05) is 31.4 Å². The zero-order chi connectivity index (χ0) is 13.7. The van der Waals surface area contributed by atoms with Crippen molar-refractivity contribution in [1.29, 1.82) is 0 Å². The lowest BCUT2D eigenvalue weighted by Gasteiger charge is -2.40. The van der Waals surface area contributed by atoms with E-state index in [1.54, 1.807) is 0 Å². The van der Waals surface area contributed by atoms with Crippen molar-refractivity contribution in [3.63, 3.8) is 0 Å². The topological polar surface area (TPSA) is 28.2 Å². The fourth-order valence-corrected chi connectivity index (χ4v) is 2.97. The van der Waals surface area contributed by atoms with Crippen LogP contribution in [-0.2, 0) is 0 Å². The molecule has 2 rings (SSSR count). The molecule has 0 aliphatic carbocycles. The predicted molar refractivity (Wildman–Crippen MR) is 80.1 cm³/mol. The first-order valence-electron chi connectivity index (χ1n) is 7.60. The van der Waals surface area contributed by atoms with Gasteiger partial charge in [0.1, 0.15) is 0 Å². The first-order valence-corrected chi connectivity index (χ1v) is 7.60. The largest absolute Gasteiger partial charge is 0.314 e. The molecule has 2 heterocycles. The molecule has 1 saturated heterocycles. The smallest absolute Gasteiger partial charge is 0.0572 e. The van der Waals surface area contributed by atoms with E-state index in [1.807, 2.05) is 12.3 Å². The first kappa shape index (κ1) is 14.5. The van der Waals surface area contributed by atoms with Gasteiger partial charge in [-0.2, -0.15) is 0 Å². The van der Waals surface area contributed by atoms with Crippen molar-refractivity contribution in [3.05, 3.63) is 30.1 Å². The molecule has 19 heavy (non-hydrogen) atoms. The Labute approximate surface area is 117 Å². The lowest BCUT2D eigenvalue weighted by molar-refractivity contribution is 0.109. The summed E-state index contributed by atoms with van der Waals surface area (Å²) in [5, 5.41) is 3.68. The van der Waals surface area contributed by atoms with Gasteiger partial charge in [0.25, 0.3) is 0 Å². The molecule has 1 aliphatic heterocycles. The molecule has 0 aromatic carbocycles. The van der Waals surface area contributed by atoms with E-state index in [2.05, 4.69) is 48.1 Å². The van der Waals surface area contributed by atoms with E-state index >= 15 is 0 Å². The van der Waals surface area contributed by atoms with Gasteiger partial charge in [0.05, 0.1) is 5.69 Å². The summed E-state index contributed by atoms with van der Waals surface area (Å²) in [5.74, 6) is 0.714. The molecule has 106 valence electrons. The molecule has 1 aromatic heterocycles. The number of pyridine rings is 1. The zero-order valence-corrected chi connectivity index (χ0v) is 12.5. The van der Waals surface area contributed by atoms with Crippen molar-refractivity contribution in [1.82, 2.24) is 15.2 Å². The lowest BCUT2D eigenvalue weighted by Crippen LogP contribution is -2.49. The third-order valence-electron chi connectivity index (χ3n) is 4.26. The van der Waals surface area contributed by atoms with Crippen molar-refractivity contribution in [2.24, 2.45) is 5.92 Å². The molecule has 1 N–H and O–H groups in total. The van der Waals surface area contributed by atoms with E-state index in [0.29, 0.717) is 18.0 Å². The third kappa shape index (κ3) is 3.77. The molecule has 1 aliphatic rings. The van der Waals surface area contributed by atoms with Gasteiger partial charge in [0.15, 0.2) is 0 Å². The fraction of sp³-hybridized carbons (Fsp3) is 0.688. The summed E-state index contributed by atoms with van der Waals surface area (Å²) in [6.45, 7) is 10.4. The Bertz CT molecular complexity index is 366. The van der Waals surface area contributed by atoms with E-state index in [9.17, 15) is 0 Å². The van der Waals surface area contributed by atoms with E-state index in [1.165, 1.54) is 31.6 Å². The second-order valence-corrected chi connectivity index (χ2v) is 5.75. The van der Waals surface area contributed by atoms with Crippen molar-refractivity contribution in [2.45, 2.75) is 45.7 Å². The monoisotopic (exact) mass is 261 g/mol. The number of rotatable bonds is 5. The van der Waals surface area contributed by atoms with Crippen LogP contribution in [0.25, 0.3) is 0 Å². The second kappa shape index (κ2) is 7.01. The number of piperidine rings is 1. The minimum Gasteiger partial charge on any atom is -0.314 e. The lowest BCUT2D eigenvalue weighted by atomic mass is 9.92. The van der Waals surface area contributed by atoms with Crippen molar-refractivity contribution < 1.29 is 0 Å². The van der Waals surface area contributed by atoms with Crippen LogP contribution in [0.3, 0.4) is 0 Å². The average Bonchev–Trinajstić information content (AvgIpc) is 2.46. The van der Waals surface area contributed by atoms with Crippen molar-refractivity contribution >= 4 is 0 Å². The number of aromatic nitrogens is 1. The number of nitrogens with zero attached hydrogens (tertiary/aromatic N) is 2. The molecule has 3 unspecified atom stereocenters. The maximum atomic E-state index is 4.49. The Kier molecular flexibility index (Phi) is 5.34. The van der Waals surface area contributed by atoms with Crippen LogP contribution in [0.15, 0.2) is 24.4 Å². The SMILES string of the molecule is CCCNC1CCN(C(C)c2ccccn2)CC1C. The van der Waals surface area contributed by atoms with Crippen LogP contribution < -0.4 is 5.32 Å². The molecule has 1 fully saturated rings. The van der Waals surface area contributed by atoms with Gasteiger partial charge < -0.3 is 5.32 Å². The van der Waals surface area contributed by atoms with Crippen LogP contribution in [0.1, 0.15) is 45.3 Å². The van der Waals surface area contributed by atoms with Crippen LogP contribution in [0.2, 0.25) is 0 Å². The Morgan fingerprint density at radius 1 is 1.47 bits per heavy atom. The van der Waals surface area contributed by atoms with Gasteiger partial charge >= 0.3 is 0 Å². The molecule has 0 bridgehead atoms. The summed E-state index contributed by atoms with van der Waals surface area (Å²) >= 11 is 0. The predicted octanol–water partition coefficient (Wildman–Crippen LogP) is 2.85.